The molecule has 0 aromatic heterocycles. The molecule has 0 aliphatic carbocycles. The third-order valence-corrected chi connectivity index (χ3v) is 3.53. The fourth-order valence-electron chi connectivity index (χ4n) is 2.52. The zero-order chi connectivity index (χ0) is 12.2. The maximum absolute atomic E-state index is 11.4. The number of hydrogen-bond acceptors (Lipinski definition) is 3. The fourth-order valence-corrected chi connectivity index (χ4v) is 2.52. The van der Waals surface area contributed by atoms with Crippen LogP contribution >= 0.6 is 0 Å². The van der Waals surface area contributed by atoms with Crippen molar-refractivity contribution in [2.24, 2.45) is 5.41 Å². The molecule has 0 bridgehead atoms. The lowest BCUT2D eigenvalue weighted by atomic mass is 9.83. The number of carboxylic acid groups (broad SMARTS) is 1. The van der Waals surface area contributed by atoms with Gasteiger partial charge in [0.2, 0.25) is 0 Å². The van der Waals surface area contributed by atoms with Crippen molar-refractivity contribution in [3.8, 4) is 0 Å². The van der Waals surface area contributed by atoms with Crippen LogP contribution in [-0.2, 0) is 9.53 Å². The van der Waals surface area contributed by atoms with E-state index in [1.807, 2.05) is 13.8 Å². The lowest BCUT2D eigenvalue weighted by molar-refractivity contribution is -0.148. The largest absolute Gasteiger partial charge is 0.481 e. The molecule has 1 heterocycles. The SMILES string of the molecule is CCCC1(C(=O)O)CCN(CC(C)OC)C1. The quantitative estimate of drug-likeness (QED) is 0.751. The molecule has 16 heavy (non-hydrogen) atoms. The Kier molecular flexibility index (Phi) is 4.74. The highest BCUT2D eigenvalue weighted by molar-refractivity contribution is 5.75. The summed E-state index contributed by atoms with van der Waals surface area (Å²) in [5.41, 5.74) is -0.512. The van der Waals surface area contributed by atoms with E-state index >= 15 is 0 Å². The summed E-state index contributed by atoms with van der Waals surface area (Å²) in [6.45, 7) is 6.44. The van der Waals surface area contributed by atoms with Gasteiger partial charge in [-0.15, -0.1) is 0 Å². The van der Waals surface area contributed by atoms with E-state index in [1.165, 1.54) is 0 Å². The van der Waals surface area contributed by atoms with Crippen molar-refractivity contribution < 1.29 is 14.6 Å². The van der Waals surface area contributed by atoms with Crippen LogP contribution in [0.3, 0.4) is 0 Å². The molecule has 1 fully saturated rings. The minimum absolute atomic E-state index is 0.172. The Labute approximate surface area is 97.6 Å². The van der Waals surface area contributed by atoms with Crippen LogP contribution in [0.4, 0.5) is 0 Å². The Morgan fingerprint density at radius 3 is 2.81 bits per heavy atom. The Morgan fingerprint density at radius 1 is 1.62 bits per heavy atom. The summed E-state index contributed by atoms with van der Waals surface area (Å²) in [6, 6.07) is 0. The molecule has 94 valence electrons. The van der Waals surface area contributed by atoms with Crippen LogP contribution in [0, 0.1) is 5.41 Å². The average molecular weight is 229 g/mol. The zero-order valence-corrected chi connectivity index (χ0v) is 10.5. The summed E-state index contributed by atoms with van der Waals surface area (Å²) >= 11 is 0. The number of nitrogens with zero attached hydrogens (tertiary/aromatic N) is 1. The van der Waals surface area contributed by atoms with Gasteiger partial charge < -0.3 is 9.84 Å². The lowest BCUT2D eigenvalue weighted by Crippen LogP contribution is -2.37. The molecule has 0 aromatic carbocycles. The van der Waals surface area contributed by atoms with Crippen molar-refractivity contribution in [2.75, 3.05) is 26.7 Å². The van der Waals surface area contributed by atoms with Crippen molar-refractivity contribution in [3.63, 3.8) is 0 Å². The van der Waals surface area contributed by atoms with Crippen molar-refractivity contribution in [1.29, 1.82) is 0 Å². The lowest BCUT2D eigenvalue weighted by Gasteiger charge is -2.25. The molecule has 0 amide bonds. The van der Waals surface area contributed by atoms with Crippen LogP contribution in [0.15, 0.2) is 0 Å². The second-order valence-corrected chi connectivity index (χ2v) is 4.87. The normalized spacial score (nSPS) is 28.2. The predicted octanol–water partition coefficient (Wildman–Crippen LogP) is 1.60. The maximum atomic E-state index is 11.4. The van der Waals surface area contributed by atoms with Gasteiger partial charge in [-0.05, 0) is 26.3 Å². The fraction of sp³-hybridized carbons (Fsp3) is 0.917. The highest BCUT2D eigenvalue weighted by Crippen LogP contribution is 2.35. The number of likely N-dealkylation sites (tertiary alicyclic amines) is 1. The van der Waals surface area contributed by atoms with Gasteiger partial charge in [-0.25, -0.2) is 0 Å². The average Bonchev–Trinajstić information content (AvgIpc) is 2.63. The summed E-state index contributed by atoms with van der Waals surface area (Å²) in [4.78, 5) is 13.6. The molecule has 1 aliphatic heterocycles. The van der Waals surface area contributed by atoms with Crippen molar-refractivity contribution in [3.05, 3.63) is 0 Å². The minimum atomic E-state index is -0.637. The second-order valence-electron chi connectivity index (χ2n) is 4.87. The second kappa shape index (κ2) is 5.64. The first-order chi connectivity index (χ1) is 7.54. The van der Waals surface area contributed by atoms with E-state index in [-0.39, 0.29) is 6.10 Å². The van der Waals surface area contributed by atoms with Gasteiger partial charge in [-0.3, -0.25) is 9.69 Å². The Bertz CT molecular complexity index is 244. The molecular weight excluding hydrogens is 206 g/mol. The van der Waals surface area contributed by atoms with Crippen LogP contribution in [0.1, 0.15) is 33.1 Å². The van der Waals surface area contributed by atoms with Crippen molar-refractivity contribution in [2.45, 2.75) is 39.2 Å². The Hall–Kier alpha value is -0.610. The first-order valence-electron chi connectivity index (χ1n) is 6.02. The van der Waals surface area contributed by atoms with Crippen molar-refractivity contribution in [1.82, 2.24) is 4.90 Å². The van der Waals surface area contributed by atoms with Crippen molar-refractivity contribution >= 4 is 5.97 Å². The number of ether oxygens (including phenoxy) is 1. The Morgan fingerprint density at radius 2 is 2.31 bits per heavy atom. The van der Waals surface area contributed by atoms with E-state index in [0.29, 0.717) is 6.54 Å². The first-order valence-corrected chi connectivity index (χ1v) is 6.02. The molecule has 0 aromatic rings. The summed E-state index contributed by atoms with van der Waals surface area (Å²) in [5, 5.41) is 9.35. The highest BCUT2D eigenvalue weighted by atomic mass is 16.5. The molecule has 0 radical (unpaired) electrons. The van der Waals surface area contributed by atoms with Gasteiger partial charge in [0, 0.05) is 20.2 Å². The van der Waals surface area contributed by atoms with Gasteiger partial charge in [0.05, 0.1) is 11.5 Å². The van der Waals surface area contributed by atoms with E-state index in [2.05, 4.69) is 4.90 Å². The number of methoxy groups -OCH3 is 1. The topological polar surface area (TPSA) is 49.8 Å². The number of aliphatic carboxylic acids is 1. The molecule has 1 rings (SSSR count). The van der Waals surface area contributed by atoms with Crippen LogP contribution < -0.4 is 0 Å². The maximum Gasteiger partial charge on any atom is 0.310 e. The van der Waals surface area contributed by atoms with Crippen LogP contribution in [0.2, 0.25) is 0 Å². The summed E-state index contributed by atoms with van der Waals surface area (Å²) in [7, 11) is 1.69. The van der Waals surface area contributed by atoms with Gasteiger partial charge in [0.1, 0.15) is 0 Å². The van der Waals surface area contributed by atoms with Gasteiger partial charge in [-0.1, -0.05) is 13.3 Å². The molecule has 4 heteroatoms. The number of carbonyl (C=O) groups is 1. The molecule has 0 saturated carbocycles. The number of rotatable bonds is 6. The van der Waals surface area contributed by atoms with E-state index in [4.69, 9.17) is 4.74 Å². The first kappa shape index (κ1) is 13.5. The number of carboxylic acids is 1. The number of hydrogen-bond donors (Lipinski definition) is 1. The standard InChI is InChI=1S/C12H23NO3/c1-4-5-12(11(14)15)6-7-13(9-12)8-10(2)16-3/h10H,4-9H2,1-3H3,(H,14,15). The summed E-state index contributed by atoms with van der Waals surface area (Å²) < 4.78 is 5.21. The summed E-state index contributed by atoms with van der Waals surface area (Å²) in [6.07, 6.45) is 2.65. The smallest absolute Gasteiger partial charge is 0.310 e. The molecule has 2 atom stereocenters. The Balaban J connectivity index is 2.56. The third kappa shape index (κ3) is 2.95. The molecule has 2 unspecified atom stereocenters. The van der Waals surface area contributed by atoms with Gasteiger partial charge >= 0.3 is 5.97 Å². The van der Waals surface area contributed by atoms with E-state index < -0.39 is 11.4 Å². The predicted molar refractivity (Wildman–Crippen MR) is 62.5 cm³/mol. The van der Waals surface area contributed by atoms with Crippen LogP contribution in [-0.4, -0.2) is 48.8 Å². The van der Waals surface area contributed by atoms with Gasteiger partial charge in [0.25, 0.3) is 0 Å². The van der Waals surface area contributed by atoms with E-state index in [0.717, 1.165) is 32.4 Å². The van der Waals surface area contributed by atoms with Crippen LogP contribution in [0.25, 0.3) is 0 Å². The molecule has 1 aliphatic rings. The van der Waals surface area contributed by atoms with E-state index in [9.17, 15) is 9.90 Å². The summed E-state index contributed by atoms with van der Waals surface area (Å²) in [5.74, 6) is -0.637. The highest BCUT2D eigenvalue weighted by Gasteiger charge is 2.43. The van der Waals surface area contributed by atoms with E-state index in [1.54, 1.807) is 7.11 Å². The minimum Gasteiger partial charge on any atom is -0.481 e. The molecular formula is C12H23NO3. The monoisotopic (exact) mass is 229 g/mol. The zero-order valence-electron chi connectivity index (χ0n) is 10.5. The third-order valence-electron chi connectivity index (χ3n) is 3.53. The molecule has 4 nitrogen and oxygen atoms in total. The van der Waals surface area contributed by atoms with Gasteiger partial charge in [-0.2, -0.15) is 0 Å². The molecule has 1 N–H and O–H groups in total. The molecule has 0 spiro atoms. The van der Waals surface area contributed by atoms with Gasteiger partial charge in [0.15, 0.2) is 0 Å². The molecule has 1 saturated heterocycles. The van der Waals surface area contributed by atoms with Crippen LogP contribution in [0.5, 0.6) is 0 Å².